The number of alkyl halides is 3. The molecule has 0 radical (unpaired) electrons. The summed E-state index contributed by atoms with van der Waals surface area (Å²) in [5, 5.41) is 4.31. The number of hydrogen-bond donors (Lipinski definition) is 2. The summed E-state index contributed by atoms with van der Waals surface area (Å²) in [4.78, 5) is 25.7. The van der Waals surface area contributed by atoms with Gasteiger partial charge in [0.1, 0.15) is 5.65 Å². The van der Waals surface area contributed by atoms with E-state index in [9.17, 15) is 22.8 Å². The van der Waals surface area contributed by atoms with Crippen molar-refractivity contribution in [3.8, 4) is 11.8 Å². The summed E-state index contributed by atoms with van der Waals surface area (Å²) >= 11 is 0. The van der Waals surface area contributed by atoms with Crippen LogP contribution in [0.5, 0.6) is 0 Å². The Morgan fingerprint density at radius 2 is 2.00 bits per heavy atom. The van der Waals surface area contributed by atoms with Crippen molar-refractivity contribution >= 4 is 17.6 Å². The first-order valence-corrected chi connectivity index (χ1v) is 6.02. The van der Waals surface area contributed by atoms with Gasteiger partial charge < -0.3 is 9.72 Å². The van der Waals surface area contributed by atoms with E-state index in [0.717, 1.165) is 6.20 Å². The number of aromatic nitrogens is 2. The van der Waals surface area contributed by atoms with Crippen LogP contribution in [0.2, 0.25) is 0 Å². The molecule has 3 amide bonds. The average Bonchev–Trinajstić information content (AvgIpc) is 2.98. The minimum Gasteiger partial charge on any atom is -0.316 e. The van der Waals surface area contributed by atoms with E-state index in [1.165, 1.54) is 22.7 Å². The number of nitrogens with zero attached hydrogens (tertiary/aromatic N) is 2. The number of carbonyl (C=O) groups is 2. The summed E-state index contributed by atoms with van der Waals surface area (Å²) in [7, 11) is 0. The molecule has 0 aliphatic carbocycles. The minimum atomic E-state index is -4.52. The third-order valence-electron chi connectivity index (χ3n) is 2.88. The minimum absolute atomic E-state index is 0.129. The maximum absolute atomic E-state index is 12.6. The smallest absolute Gasteiger partial charge is 0.316 e. The van der Waals surface area contributed by atoms with Gasteiger partial charge in [0.2, 0.25) is 0 Å². The third-order valence-corrected chi connectivity index (χ3v) is 2.88. The van der Waals surface area contributed by atoms with Crippen molar-refractivity contribution in [2.45, 2.75) is 12.2 Å². The molecule has 1 aliphatic rings. The van der Waals surface area contributed by atoms with E-state index in [0.29, 0.717) is 5.56 Å². The molecule has 2 aromatic rings. The zero-order chi connectivity index (χ0) is 15.9. The van der Waals surface area contributed by atoms with Gasteiger partial charge in [0.15, 0.2) is 11.7 Å². The highest BCUT2D eigenvalue weighted by Crippen LogP contribution is 2.28. The molecule has 3 rings (SSSR count). The van der Waals surface area contributed by atoms with Crippen molar-refractivity contribution in [1.82, 2.24) is 20.0 Å². The Morgan fingerprint density at radius 3 is 2.64 bits per heavy atom. The molecule has 1 aliphatic heterocycles. The molecular formula is C13H7F3N4O2. The lowest BCUT2D eigenvalue weighted by atomic mass is 10.2. The van der Waals surface area contributed by atoms with Crippen LogP contribution in [0.3, 0.4) is 0 Å². The number of rotatable bonds is 0. The molecule has 2 N–H and O–H groups in total. The fourth-order valence-corrected chi connectivity index (χ4v) is 1.88. The molecule has 6 nitrogen and oxygen atoms in total. The molecule has 9 heteroatoms. The number of imide groups is 1. The maximum Gasteiger partial charge on any atom is 0.434 e. The number of halogens is 3. The molecule has 2 aromatic heterocycles. The number of amides is 3. The number of carbonyl (C=O) groups excluding carboxylic acids is 2. The Hall–Kier alpha value is -3.02. The second-order valence-electron chi connectivity index (χ2n) is 4.47. The molecule has 3 heterocycles. The van der Waals surface area contributed by atoms with E-state index in [1.54, 1.807) is 0 Å². The maximum atomic E-state index is 12.6. The van der Waals surface area contributed by atoms with Gasteiger partial charge in [-0.25, -0.2) is 9.78 Å². The lowest BCUT2D eigenvalue weighted by molar-refractivity contribution is -0.140. The van der Waals surface area contributed by atoms with E-state index in [1.807, 2.05) is 5.32 Å². The fraction of sp³-hybridized carbons (Fsp3) is 0.154. The van der Waals surface area contributed by atoms with Crippen LogP contribution >= 0.6 is 0 Å². The van der Waals surface area contributed by atoms with Crippen LogP contribution in [-0.4, -0.2) is 27.4 Å². The van der Waals surface area contributed by atoms with Crippen LogP contribution in [0.4, 0.5) is 18.0 Å². The van der Waals surface area contributed by atoms with Crippen molar-refractivity contribution in [3.63, 3.8) is 0 Å². The number of imidazole rings is 1. The van der Waals surface area contributed by atoms with Crippen LogP contribution in [0.1, 0.15) is 11.3 Å². The first-order valence-electron chi connectivity index (χ1n) is 6.02. The van der Waals surface area contributed by atoms with Crippen LogP contribution in [0.25, 0.3) is 5.65 Å². The highest BCUT2D eigenvalue weighted by molar-refractivity contribution is 6.05. The zero-order valence-electron chi connectivity index (χ0n) is 10.7. The molecule has 0 bridgehead atoms. The monoisotopic (exact) mass is 308 g/mol. The summed E-state index contributed by atoms with van der Waals surface area (Å²) in [5.41, 5.74) is -0.489. The third kappa shape index (κ3) is 2.58. The summed E-state index contributed by atoms with van der Waals surface area (Å²) in [6.07, 6.45) is -2.31. The summed E-state index contributed by atoms with van der Waals surface area (Å²) in [6.45, 7) is 0. The van der Waals surface area contributed by atoms with E-state index in [4.69, 9.17) is 0 Å². The van der Waals surface area contributed by atoms with Crippen molar-refractivity contribution in [2.75, 3.05) is 0 Å². The molecule has 0 spiro atoms. The topological polar surface area (TPSA) is 75.5 Å². The quantitative estimate of drug-likeness (QED) is 0.561. The first-order chi connectivity index (χ1) is 10.3. The van der Waals surface area contributed by atoms with Crippen molar-refractivity contribution < 1.29 is 22.8 Å². The van der Waals surface area contributed by atoms with Crippen LogP contribution < -0.4 is 10.6 Å². The van der Waals surface area contributed by atoms with E-state index < -0.39 is 29.9 Å². The number of nitrogens with one attached hydrogen (secondary N) is 2. The lowest BCUT2D eigenvalue weighted by Gasteiger charge is -1.98. The number of pyridine rings is 1. The van der Waals surface area contributed by atoms with Crippen molar-refractivity contribution in [3.05, 3.63) is 35.8 Å². The molecular weight excluding hydrogens is 301 g/mol. The van der Waals surface area contributed by atoms with Gasteiger partial charge in [0.25, 0.3) is 5.91 Å². The number of urea groups is 1. The van der Waals surface area contributed by atoms with Crippen molar-refractivity contribution in [1.29, 1.82) is 0 Å². The largest absolute Gasteiger partial charge is 0.434 e. The first kappa shape index (κ1) is 13.9. The Labute approximate surface area is 121 Å². The lowest BCUT2D eigenvalue weighted by Crippen LogP contribution is -2.26. The second-order valence-corrected chi connectivity index (χ2v) is 4.47. The Bertz CT molecular complexity index is 844. The molecule has 0 saturated carbocycles. The molecule has 112 valence electrons. The van der Waals surface area contributed by atoms with Gasteiger partial charge in [-0.05, 0) is 12.1 Å². The second kappa shape index (κ2) is 4.77. The van der Waals surface area contributed by atoms with Crippen molar-refractivity contribution in [2.24, 2.45) is 0 Å². The van der Waals surface area contributed by atoms with Gasteiger partial charge in [-0.1, -0.05) is 11.8 Å². The Morgan fingerprint density at radius 1 is 1.23 bits per heavy atom. The predicted molar refractivity (Wildman–Crippen MR) is 67.5 cm³/mol. The number of fused-ring (bicyclic) bond motifs is 1. The summed E-state index contributed by atoms with van der Waals surface area (Å²) < 4.78 is 38.9. The molecule has 1 fully saturated rings. The fourth-order valence-electron chi connectivity index (χ4n) is 1.88. The predicted octanol–water partition coefficient (Wildman–Crippen LogP) is 0.913. The standard InChI is InChI=1S/C13H7F3N4O2/c14-13(15,16)9-6-20-5-7(2-4-10(20)18-9)1-3-8-11(21)19-12(22)17-8/h2,4-6,8H,(H2,17,19,21,22). The number of hydrogen-bond acceptors (Lipinski definition) is 3. The highest BCUT2D eigenvalue weighted by Gasteiger charge is 2.33. The SMILES string of the molecule is O=C1NC(=O)C(C#Cc2ccc3nc(C(F)(F)F)cn3c2)N1. The molecule has 1 atom stereocenters. The van der Waals surface area contributed by atoms with Gasteiger partial charge >= 0.3 is 12.2 Å². The zero-order valence-corrected chi connectivity index (χ0v) is 10.7. The Kier molecular flexibility index (Phi) is 3.02. The van der Waals surface area contributed by atoms with E-state index >= 15 is 0 Å². The van der Waals surface area contributed by atoms with E-state index in [-0.39, 0.29) is 5.65 Å². The molecule has 0 aromatic carbocycles. The molecule has 1 unspecified atom stereocenters. The van der Waals surface area contributed by atoms with Gasteiger partial charge in [0.05, 0.1) is 0 Å². The van der Waals surface area contributed by atoms with Gasteiger partial charge in [-0.3, -0.25) is 10.1 Å². The van der Waals surface area contributed by atoms with Gasteiger partial charge in [-0.2, -0.15) is 13.2 Å². The summed E-state index contributed by atoms with van der Waals surface area (Å²) in [5.74, 6) is 4.58. The Balaban J connectivity index is 1.90. The van der Waals surface area contributed by atoms with Crippen LogP contribution in [0.15, 0.2) is 24.5 Å². The summed E-state index contributed by atoms with van der Waals surface area (Å²) in [6, 6.07) is 1.25. The van der Waals surface area contributed by atoms with E-state index in [2.05, 4.69) is 22.1 Å². The van der Waals surface area contributed by atoms with Crippen LogP contribution in [0, 0.1) is 11.8 Å². The molecule has 22 heavy (non-hydrogen) atoms. The average molecular weight is 308 g/mol. The molecule has 1 saturated heterocycles. The highest BCUT2D eigenvalue weighted by atomic mass is 19.4. The normalized spacial score (nSPS) is 17.9. The van der Waals surface area contributed by atoms with Gasteiger partial charge in [0, 0.05) is 18.0 Å². The van der Waals surface area contributed by atoms with Gasteiger partial charge in [-0.15, -0.1) is 0 Å². The van der Waals surface area contributed by atoms with Crippen LogP contribution in [-0.2, 0) is 11.0 Å².